The molecule has 140 valence electrons. The van der Waals surface area contributed by atoms with Crippen molar-refractivity contribution in [3.63, 3.8) is 0 Å². The van der Waals surface area contributed by atoms with E-state index in [1.54, 1.807) is 12.0 Å². The number of hydrogen-bond acceptors (Lipinski definition) is 5. The Bertz CT molecular complexity index is 875. The van der Waals surface area contributed by atoms with Gasteiger partial charge in [-0.3, -0.25) is 4.79 Å². The van der Waals surface area contributed by atoms with E-state index in [0.717, 1.165) is 16.9 Å². The molecule has 0 aliphatic heterocycles. The maximum Gasteiger partial charge on any atom is 0.227 e. The van der Waals surface area contributed by atoms with Crippen LogP contribution in [0.25, 0.3) is 11.4 Å². The second-order valence-electron chi connectivity index (χ2n) is 6.33. The summed E-state index contributed by atoms with van der Waals surface area (Å²) < 4.78 is 10.4. The molecule has 1 aromatic heterocycles. The molecule has 0 saturated heterocycles. The van der Waals surface area contributed by atoms with E-state index in [-0.39, 0.29) is 11.9 Å². The Labute approximate surface area is 158 Å². The van der Waals surface area contributed by atoms with Crippen molar-refractivity contribution in [2.24, 2.45) is 0 Å². The predicted octanol–water partition coefficient (Wildman–Crippen LogP) is 3.90. The van der Waals surface area contributed by atoms with Crippen LogP contribution in [0, 0.1) is 0 Å². The molecular weight excluding hydrogens is 342 g/mol. The average Bonchev–Trinajstić information content (AvgIpc) is 3.20. The molecule has 0 aliphatic rings. The number of hydrogen-bond donors (Lipinski definition) is 0. The number of carbonyl (C=O) groups excluding carboxylic acids is 1. The largest absolute Gasteiger partial charge is 0.497 e. The van der Waals surface area contributed by atoms with Gasteiger partial charge in [-0.2, -0.15) is 4.98 Å². The summed E-state index contributed by atoms with van der Waals surface area (Å²) in [6, 6.07) is 17.4. The molecule has 0 fully saturated rings. The van der Waals surface area contributed by atoms with E-state index < -0.39 is 0 Å². The Balaban J connectivity index is 1.58. The van der Waals surface area contributed by atoms with Gasteiger partial charge >= 0.3 is 0 Å². The third-order valence-electron chi connectivity index (χ3n) is 4.63. The average molecular weight is 365 g/mol. The predicted molar refractivity (Wildman–Crippen MR) is 102 cm³/mol. The lowest BCUT2D eigenvalue weighted by atomic mass is 10.1. The van der Waals surface area contributed by atoms with Crippen LogP contribution >= 0.6 is 0 Å². The van der Waals surface area contributed by atoms with E-state index in [4.69, 9.17) is 9.26 Å². The normalized spacial score (nSPS) is 11.8. The SMILES string of the molecule is COc1ccc(-c2noc(CCC(=O)N(C)[C@H](C)c3ccccc3)n2)cc1. The van der Waals surface area contributed by atoms with Crippen LogP contribution in [0.15, 0.2) is 59.1 Å². The molecule has 1 heterocycles. The summed E-state index contributed by atoms with van der Waals surface area (Å²) in [7, 11) is 3.44. The van der Waals surface area contributed by atoms with E-state index in [9.17, 15) is 4.79 Å². The van der Waals surface area contributed by atoms with Crippen molar-refractivity contribution in [3.05, 3.63) is 66.1 Å². The van der Waals surface area contributed by atoms with Crippen molar-refractivity contribution in [2.75, 3.05) is 14.2 Å². The zero-order chi connectivity index (χ0) is 19.2. The molecule has 0 aliphatic carbocycles. The number of methoxy groups -OCH3 is 1. The lowest BCUT2D eigenvalue weighted by molar-refractivity contribution is -0.131. The van der Waals surface area contributed by atoms with Crippen LogP contribution in [0.4, 0.5) is 0 Å². The van der Waals surface area contributed by atoms with Gasteiger partial charge in [0.2, 0.25) is 17.6 Å². The Hall–Kier alpha value is -3.15. The summed E-state index contributed by atoms with van der Waals surface area (Å²) in [5.74, 6) is 1.76. The fourth-order valence-electron chi connectivity index (χ4n) is 2.78. The molecule has 3 rings (SSSR count). The van der Waals surface area contributed by atoms with Gasteiger partial charge in [-0.15, -0.1) is 0 Å². The molecule has 6 heteroatoms. The molecule has 6 nitrogen and oxygen atoms in total. The third-order valence-corrected chi connectivity index (χ3v) is 4.63. The summed E-state index contributed by atoms with van der Waals surface area (Å²) in [4.78, 5) is 18.6. The number of aryl methyl sites for hydroxylation is 1. The quantitative estimate of drug-likeness (QED) is 0.635. The summed E-state index contributed by atoms with van der Waals surface area (Å²) >= 11 is 0. The number of aromatic nitrogens is 2. The van der Waals surface area contributed by atoms with Gasteiger partial charge in [-0.25, -0.2) is 0 Å². The summed E-state index contributed by atoms with van der Waals surface area (Å²) in [6.45, 7) is 2.02. The van der Waals surface area contributed by atoms with Gasteiger partial charge in [0.25, 0.3) is 0 Å². The first kappa shape index (κ1) is 18.6. The highest BCUT2D eigenvalue weighted by Crippen LogP contribution is 2.21. The first-order valence-electron chi connectivity index (χ1n) is 8.86. The van der Waals surface area contributed by atoms with Gasteiger partial charge in [0.1, 0.15) is 5.75 Å². The van der Waals surface area contributed by atoms with Crippen molar-refractivity contribution in [1.29, 1.82) is 0 Å². The first-order valence-corrected chi connectivity index (χ1v) is 8.86. The smallest absolute Gasteiger partial charge is 0.227 e. The molecule has 1 atom stereocenters. The molecule has 0 saturated carbocycles. The minimum atomic E-state index is 0.0104. The lowest BCUT2D eigenvalue weighted by Crippen LogP contribution is -2.29. The molecule has 0 spiro atoms. The van der Waals surface area contributed by atoms with Crippen molar-refractivity contribution < 1.29 is 14.1 Å². The van der Waals surface area contributed by atoms with Crippen molar-refractivity contribution in [2.45, 2.75) is 25.8 Å². The van der Waals surface area contributed by atoms with Crippen LogP contribution in [0.2, 0.25) is 0 Å². The van der Waals surface area contributed by atoms with Gasteiger partial charge < -0.3 is 14.2 Å². The zero-order valence-electron chi connectivity index (χ0n) is 15.8. The summed E-state index contributed by atoms with van der Waals surface area (Å²) in [5, 5.41) is 4.00. The molecule has 1 amide bonds. The minimum Gasteiger partial charge on any atom is -0.497 e. The number of amides is 1. The highest BCUT2D eigenvalue weighted by molar-refractivity contribution is 5.76. The molecule has 3 aromatic rings. The highest BCUT2D eigenvalue weighted by atomic mass is 16.5. The molecule has 27 heavy (non-hydrogen) atoms. The monoisotopic (exact) mass is 365 g/mol. The molecule has 0 bridgehead atoms. The lowest BCUT2D eigenvalue weighted by Gasteiger charge is -2.25. The van der Waals surface area contributed by atoms with Crippen molar-refractivity contribution in [1.82, 2.24) is 15.0 Å². The molecule has 0 unspecified atom stereocenters. The van der Waals surface area contributed by atoms with Crippen molar-refractivity contribution >= 4 is 5.91 Å². The number of benzene rings is 2. The second-order valence-corrected chi connectivity index (χ2v) is 6.33. The van der Waals surface area contributed by atoms with Crippen molar-refractivity contribution in [3.8, 4) is 17.1 Å². The Morgan fingerprint density at radius 3 is 2.52 bits per heavy atom. The fourth-order valence-corrected chi connectivity index (χ4v) is 2.78. The minimum absolute atomic E-state index is 0.0104. The topological polar surface area (TPSA) is 68.5 Å². The standard InChI is InChI=1S/C21H23N3O3/c1-15(16-7-5-4-6-8-16)24(2)20(25)14-13-19-22-21(23-27-19)17-9-11-18(26-3)12-10-17/h4-12,15H,13-14H2,1-3H3/t15-/m1/s1. The van der Waals surface area contributed by atoms with Crippen LogP contribution in [-0.4, -0.2) is 35.1 Å². The van der Waals surface area contributed by atoms with E-state index in [1.165, 1.54) is 0 Å². The zero-order valence-corrected chi connectivity index (χ0v) is 15.8. The highest BCUT2D eigenvalue weighted by Gasteiger charge is 2.18. The van der Waals surface area contributed by atoms with Gasteiger partial charge in [0.05, 0.1) is 13.2 Å². The maximum absolute atomic E-state index is 12.5. The molecule has 2 aromatic carbocycles. The Kier molecular flexibility index (Phi) is 5.86. The maximum atomic E-state index is 12.5. The van der Waals surface area contributed by atoms with E-state index in [1.807, 2.05) is 68.6 Å². The first-order chi connectivity index (χ1) is 13.1. The fraction of sp³-hybridized carbons (Fsp3) is 0.286. The van der Waals surface area contributed by atoms with Crippen LogP contribution in [0.1, 0.15) is 30.8 Å². The van der Waals surface area contributed by atoms with E-state index in [0.29, 0.717) is 24.6 Å². The summed E-state index contributed by atoms with van der Waals surface area (Å²) in [5.41, 5.74) is 1.94. The van der Waals surface area contributed by atoms with Crippen LogP contribution < -0.4 is 4.74 Å². The second kappa shape index (κ2) is 8.49. The van der Waals surface area contributed by atoms with Gasteiger partial charge in [0.15, 0.2) is 0 Å². The number of rotatable bonds is 7. The summed E-state index contributed by atoms with van der Waals surface area (Å²) in [6.07, 6.45) is 0.728. The molecule has 0 N–H and O–H groups in total. The van der Waals surface area contributed by atoms with Crippen LogP contribution in [-0.2, 0) is 11.2 Å². The van der Waals surface area contributed by atoms with E-state index in [2.05, 4.69) is 10.1 Å². The van der Waals surface area contributed by atoms with Crippen LogP contribution in [0.5, 0.6) is 5.75 Å². The Morgan fingerprint density at radius 1 is 1.15 bits per heavy atom. The van der Waals surface area contributed by atoms with E-state index >= 15 is 0 Å². The Morgan fingerprint density at radius 2 is 1.85 bits per heavy atom. The molecular formula is C21H23N3O3. The number of nitrogens with zero attached hydrogens (tertiary/aromatic N) is 3. The van der Waals surface area contributed by atoms with Gasteiger partial charge in [0, 0.05) is 25.5 Å². The van der Waals surface area contributed by atoms with Gasteiger partial charge in [-0.1, -0.05) is 35.5 Å². The number of carbonyl (C=O) groups is 1. The van der Waals surface area contributed by atoms with Crippen LogP contribution in [0.3, 0.4) is 0 Å². The molecule has 0 radical (unpaired) electrons. The third kappa shape index (κ3) is 4.53. The number of ether oxygens (including phenoxy) is 1. The van der Waals surface area contributed by atoms with Gasteiger partial charge in [-0.05, 0) is 36.8 Å².